The van der Waals surface area contributed by atoms with Crippen LogP contribution in [0.5, 0.6) is 0 Å². The molecule has 0 aromatic heterocycles. The normalized spacial score (nSPS) is 21.2. The van der Waals surface area contributed by atoms with Gasteiger partial charge in [-0.05, 0) is 0 Å². The van der Waals surface area contributed by atoms with Crippen molar-refractivity contribution < 1.29 is 58.4 Å². The zero-order valence-electron chi connectivity index (χ0n) is 24.8. The van der Waals surface area contributed by atoms with E-state index in [1.165, 1.54) is 0 Å². The van der Waals surface area contributed by atoms with Gasteiger partial charge in [0.1, 0.15) is 14.5 Å². The smallest absolute Gasteiger partial charge is 0.171 e. The van der Waals surface area contributed by atoms with Crippen LogP contribution in [0, 0.1) is 0 Å². The molecule has 0 aromatic carbocycles. The molecule has 8 atom stereocenters. The molecule has 0 rings (SSSR count). The summed E-state index contributed by atoms with van der Waals surface area (Å²) in [5.74, 6) is -6.43. The molecule has 0 saturated carbocycles. The fraction of sp³-hybridized carbons (Fsp3) is 1.00. The first-order valence-corrected chi connectivity index (χ1v) is 19.2. The van der Waals surface area contributed by atoms with E-state index in [2.05, 4.69) is 0 Å². The van der Waals surface area contributed by atoms with Gasteiger partial charge in [-0.2, -0.15) is 0 Å². The second-order valence-electron chi connectivity index (χ2n) is 9.31. The van der Waals surface area contributed by atoms with E-state index in [0.717, 1.165) is 0 Å². The molecule has 12 nitrogen and oxygen atoms in total. The Kier molecular flexibility index (Phi) is 23.8. The Morgan fingerprint density at radius 3 is 0.538 bits per heavy atom. The quantitative estimate of drug-likeness (QED) is 0.0697. The third-order valence-corrected chi connectivity index (χ3v) is 18.2. The number of hydrogen-bond donors (Lipinski definition) is 8. The van der Waals surface area contributed by atoms with Gasteiger partial charge in [0.25, 0.3) is 0 Å². The standard InChI is InChI=1S/2C12H28O4P.H2O4S/c2*1-5-9(13)17(10(14)6-2,11(15)7-3)12(16)8-4;1-5(2,3)4/h2*9-16H,5-8H2,1-4H3;(H2,1,2,3,4)/q2*+1;/p-2. The monoisotopic (exact) mass is 630 g/mol. The lowest BCUT2D eigenvalue weighted by Gasteiger charge is -2.40. The summed E-state index contributed by atoms with van der Waals surface area (Å²) in [6.45, 7) is 14.5. The van der Waals surface area contributed by atoms with E-state index in [1.54, 1.807) is 0 Å². The predicted octanol–water partition coefficient (Wildman–Crippen LogP) is 2.50. The van der Waals surface area contributed by atoms with Crippen molar-refractivity contribution in [3.63, 3.8) is 0 Å². The van der Waals surface area contributed by atoms with E-state index in [-0.39, 0.29) is 0 Å². The molecule has 0 bridgehead atoms. The summed E-state index contributed by atoms with van der Waals surface area (Å²) < 4.78 is 34.1. The third kappa shape index (κ3) is 12.3. The molecule has 15 heteroatoms. The Balaban J connectivity index is -0.000000566. The summed E-state index contributed by atoms with van der Waals surface area (Å²) in [6, 6.07) is 0. The fourth-order valence-corrected chi connectivity index (χ4v) is 14.7. The van der Waals surface area contributed by atoms with Gasteiger partial charge in [0.05, 0.1) is 0 Å². The van der Waals surface area contributed by atoms with E-state index < -0.39 is 71.7 Å². The van der Waals surface area contributed by atoms with E-state index in [4.69, 9.17) is 17.5 Å². The number of hydrogen-bond acceptors (Lipinski definition) is 12. The summed E-state index contributed by atoms with van der Waals surface area (Å²) >= 11 is 0. The fourth-order valence-electron chi connectivity index (χ4n) is 4.91. The van der Waals surface area contributed by atoms with Crippen molar-refractivity contribution in [2.45, 2.75) is 154 Å². The Bertz CT molecular complexity index is 572. The van der Waals surface area contributed by atoms with Crippen molar-refractivity contribution >= 4 is 24.9 Å². The molecule has 0 heterocycles. The van der Waals surface area contributed by atoms with Crippen molar-refractivity contribution in [3.8, 4) is 0 Å². The highest BCUT2D eigenvalue weighted by Gasteiger charge is 2.61. The van der Waals surface area contributed by atoms with Gasteiger partial charge in [-0.25, -0.2) is 0 Å². The summed E-state index contributed by atoms with van der Waals surface area (Å²) in [4.78, 5) is 0. The average molecular weight is 631 g/mol. The molecule has 0 amide bonds. The number of aliphatic hydroxyl groups is 8. The van der Waals surface area contributed by atoms with E-state index in [0.29, 0.717) is 51.4 Å². The summed E-state index contributed by atoms with van der Waals surface area (Å²) in [7, 11) is -10.4. The van der Waals surface area contributed by atoms with E-state index in [9.17, 15) is 40.9 Å². The van der Waals surface area contributed by atoms with Crippen molar-refractivity contribution in [1.29, 1.82) is 0 Å². The molecule has 0 fully saturated rings. The largest absolute Gasteiger partial charge is 0.759 e. The predicted molar refractivity (Wildman–Crippen MR) is 155 cm³/mol. The molecule has 0 radical (unpaired) electrons. The molecular weight excluding hydrogens is 574 g/mol. The number of aliphatic hydroxyl groups excluding tert-OH is 8. The Hall–Kier alpha value is 0.410. The second-order valence-corrected chi connectivity index (χ2v) is 18.5. The maximum Gasteiger partial charge on any atom is 0.171 e. The highest BCUT2D eigenvalue weighted by molar-refractivity contribution is 7.79. The van der Waals surface area contributed by atoms with Gasteiger partial charge < -0.3 is 50.0 Å². The van der Waals surface area contributed by atoms with Crippen LogP contribution < -0.4 is 0 Å². The SMILES string of the molecule is CCC(O)[P+](C(O)CC)(C(O)CC)C(O)CC.CCC(O)[P+](C(O)CC)(C(O)CC)C(O)CC.O=S(=O)([O-])[O-]. The topological polar surface area (TPSA) is 242 Å². The van der Waals surface area contributed by atoms with Crippen molar-refractivity contribution in [1.82, 2.24) is 0 Å². The molecule has 240 valence electrons. The summed E-state index contributed by atoms with van der Waals surface area (Å²) in [6.07, 6.45) is 3.55. The molecule has 0 aliphatic heterocycles. The minimum Gasteiger partial charge on any atom is -0.759 e. The lowest BCUT2D eigenvalue weighted by molar-refractivity contribution is 0.147. The maximum absolute atomic E-state index is 10.2. The molecule has 8 N–H and O–H groups in total. The van der Waals surface area contributed by atoms with Crippen LogP contribution in [0.1, 0.15) is 107 Å². The molecule has 0 aromatic rings. The minimum absolute atomic E-state index is 0.443. The van der Waals surface area contributed by atoms with Crippen LogP contribution in [0.15, 0.2) is 0 Å². The first-order chi connectivity index (χ1) is 17.9. The molecule has 39 heavy (non-hydrogen) atoms. The Morgan fingerprint density at radius 2 is 0.487 bits per heavy atom. The van der Waals surface area contributed by atoms with Gasteiger partial charge in [0, 0.05) is 61.8 Å². The summed E-state index contributed by atoms with van der Waals surface area (Å²) in [5.41, 5.74) is 0. The lowest BCUT2D eigenvalue weighted by Crippen LogP contribution is -2.38. The number of rotatable bonds is 16. The second kappa shape index (κ2) is 21.2. The average Bonchev–Trinajstić information content (AvgIpc) is 2.91. The van der Waals surface area contributed by atoms with Crippen LogP contribution in [0.4, 0.5) is 0 Å². The van der Waals surface area contributed by atoms with Crippen LogP contribution in [0.2, 0.25) is 0 Å². The molecule has 0 aliphatic carbocycles. The van der Waals surface area contributed by atoms with Gasteiger partial charge in [-0.15, -0.1) is 0 Å². The van der Waals surface area contributed by atoms with Gasteiger partial charge >= 0.3 is 0 Å². The Morgan fingerprint density at radius 1 is 0.410 bits per heavy atom. The van der Waals surface area contributed by atoms with Crippen LogP contribution in [0.25, 0.3) is 0 Å². The molecule has 0 saturated heterocycles. The highest BCUT2D eigenvalue weighted by Crippen LogP contribution is 2.74. The van der Waals surface area contributed by atoms with Crippen LogP contribution in [-0.2, 0) is 10.4 Å². The zero-order valence-corrected chi connectivity index (χ0v) is 27.4. The van der Waals surface area contributed by atoms with E-state index >= 15 is 0 Å². The van der Waals surface area contributed by atoms with Crippen LogP contribution in [0.3, 0.4) is 0 Å². The minimum atomic E-state index is -5.17. The summed E-state index contributed by atoms with van der Waals surface area (Å²) in [5, 5.41) is 81.9. The van der Waals surface area contributed by atoms with Crippen molar-refractivity contribution in [2.75, 3.05) is 0 Å². The van der Waals surface area contributed by atoms with Gasteiger partial charge in [0.15, 0.2) is 46.8 Å². The molecule has 0 spiro atoms. The van der Waals surface area contributed by atoms with Crippen molar-refractivity contribution in [2.24, 2.45) is 0 Å². The van der Waals surface area contributed by atoms with Gasteiger partial charge in [-0.3, -0.25) is 8.42 Å². The van der Waals surface area contributed by atoms with Gasteiger partial charge in [0.2, 0.25) is 0 Å². The molecular formula is C24H56O12P2S. The first kappa shape index (κ1) is 43.9. The van der Waals surface area contributed by atoms with E-state index in [1.807, 2.05) is 55.4 Å². The zero-order chi connectivity index (χ0) is 31.8. The third-order valence-electron chi connectivity index (χ3n) is 7.05. The molecule has 0 aliphatic rings. The lowest BCUT2D eigenvalue weighted by atomic mass is 10.5. The van der Waals surface area contributed by atoms with Crippen LogP contribution >= 0.6 is 14.5 Å². The Labute approximate surface area is 236 Å². The first-order valence-electron chi connectivity index (χ1n) is 13.7. The molecule has 8 unspecified atom stereocenters. The van der Waals surface area contributed by atoms with Crippen LogP contribution in [-0.4, -0.2) is 105 Å². The van der Waals surface area contributed by atoms with Gasteiger partial charge in [-0.1, -0.05) is 55.4 Å². The maximum atomic E-state index is 10.2. The van der Waals surface area contributed by atoms with Crippen molar-refractivity contribution in [3.05, 3.63) is 0 Å². The highest BCUT2D eigenvalue weighted by atomic mass is 32.3.